The zero-order valence-electron chi connectivity index (χ0n) is 12.3. The van der Waals surface area contributed by atoms with Crippen molar-refractivity contribution in [3.8, 4) is 6.07 Å². The second-order valence-electron chi connectivity index (χ2n) is 4.59. The molecule has 0 saturated carbocycles. The van der Waals surface area contributed by atoms with Gasteiger partial charge in [-0.15, -0.1) is 11.3 Å². The molecule has 0 saturated heterocycles. The summed E-state index contributed by atoms with van der Waals surface area (Å²) < 4.78 is 0. The summed E-state index contributed by atoms with van der Waals surface area (Å²) in [5.41, 5.74) is 1.72. The van der Waals surface area contributed by atoms with Gasteiger partial charge in [-0.3, -0.25) is 15.4 Å². The molecule has 22 heavy (non-hydrogen) atoms. The van der Waals surface area contributed by atoms with E-state index in [0.717, 1.165) is 16.9 Å². The standard InChI is InChI=1S/C16H15N3O2S/c1-3-13-10(2)12(9-17)15(22-13)19-16(21)18-14(20)11-7-5-4-6-8-11/h4-8H,3H2,1-2H3,(H2,18,19,20,21). The second kappa shape index (κ2) is 6.87. The predicted molar refractivity (Wildman–Crippen MR) is 86.1 cm³/mol. The van der Waals surface area contributed by atoms with Crippen LogP contribution in [-0.4, -0.2) is 11.9 Å². The highest BCUT2D eigenvalue weighted by Crippen LogP contribution is 2.32. The summed E-state index contributed by atoms with van der Waals surface area (Å²) in [6.07, 6.45) is 0.789. The smallest absolute Gasteiger partial charge is 0.298 e. The monoisotopic (exact) mass is 313 g/mol. The molecule has 0 bridgehead atoms. The Labute approximate surface area is 132 Å². The molecule has 6 heteroatoms. The zero-order chi connectivity index (χ0) is 16.1. The third kappa shape index (κ3) is 3.32. The van der Waals surface area contributed by atoms with Crippen molar-refractivity contribution in [1.82, 2.24) is 5.32 Å². The molecular formula is C16H15N3O2S. The number of rotatable bonds is 3. The number of nitrogens with zero attached hydrogens (tertiary/aromatic N) is 1. The Morgan fingerprint density at radius 3 is 2.55 bits per heavy atom. The molecule has 0 fully saturated rings. The number of urea groups is 1. The van der Waals surface area contributed by atoms with Gasteiger partial charge in [0.25, 0.3) is 5.91 Å². The molecule has 0 unspecified atom stereocenters. The zero-order valence-corrected chi connectivity index (χ0v) is 13.1. The van der Waals surface area contributed by atoms with Gasteiger partial charge in [0.05, 0.1) is 5.56 Å². The fourth-order valence-corrected chi connectivity index (χ4v) is 3.11. The minimum absolute atomic E-state index is 0.398. The van der Waals surface area contributed by atoms with E-state index in [1.165, 1.54) is 11.3 Å². The third-order valence-electron chi connectivity index (χ3n) is 3.17. The Hall–Kier alpha value is -2.65. The number of aryl methyl sites for hydroxylation is 1. The highest BCUT2D eigenvalue weighted by molar-refractivity contribution is 7.16. The van der Waals surface area contributed by atoms with Crippen molar-refractivity contribution >= 4 is 28.3 Å². The topological polar surface area (TPSA) is 82.0 Å². The van der Waals surface area contributed by atoms with Crippen molar-refractivity contribution < 1.29 is 9.59 Å². The van der Waals surface area contributed by atoms with Crippen LogP contribution in [0, 0.1) is 18.3 Å². The van der Waals surface area contributed by atoms with Crippen molar-refractivity contribution in [2.24, 2.45) is 0 Å². The fraction of sp³-hybridized carbons (Fsp3) is 0.188. The van der Waals surface area contributed by atoms with Gasteiger partial charge in [0, 0.05) is 10.4 Å². The molecule has 0 aliphatic carbocycles. The number of nitrogens with one attached hydrogen (secondary N) is 2. The molecule has 5 nitrogen and oxygen atoms in total. The molecule has 2 aromatic rings. The van der Waals surface area contributed by atoms with Crippen LogP contribution in [0.25, 0.3) is 0 Å². The number of hydrogen-bond donors (Lipinski definition) is 2. The van der Waals surface area contributed by atoms with Gasteiger partial charge in [0.2, 0.25) is 0 Å². The summed E-state index contributed by atoms with van der Waals surface area (Å²) in [5, 5.41) is 14.5. The lowest BCUT2D eigenvalue weighted by Gasteiger charge is -2.05. The van der Waals surface area contributed by atoms with Crippen LogP contribution in [0.3, 0.4) is 0 Å². The number of amides is 3. The minimum atomic E-state index is -0.644. The van der Waals surface area contributed by atoms with Crippen LogP contribution in [0.5, 0.6) is 0 Å². The molecule has 0 spiro atoms. The van der Waals surface area contributed by atoms with Gasteiger partial charge in [-0.1, -0.05) is 25.1 Å². The second-order valence-corrected chi connectivity index (χ2v) is 5.70. The predicted octanol–water partition coefficient (Wildman–Crippen LogP) is 3.45. The molecule has 3 amide bonds. The number of imide groups is 1. The van der Waals surface area contributed by atoms with Crippen molar-refractivity contribution in [3.05, 3.63) is 51.9 Å². The Kier molecular flexibility index (Phi) is 4.92. The number of carbonyl (C=O) groups is 2. The number of benzene rings is 1. The Morgan fingerprint density at radius 1 is 1.27 bits per heavy atom. The molecule has 1 heterocycles. The van der Waals surface area contributed by atoms with E-state index >= 15 is 0 Å². The summed E-state index contributed by atoms with van der Waals surface area (Å²) in [5.74, 6) is -0.486. The van der Waals surface area contributed by atoms with Gasteiger partial charge in [0.1, 0.15) is 11.1 Å². The lowest BCUT2D eigenvalue weighted by molar-refractivity contribution is 0.0967. The quantitative estimate of drug-likeness (QED) is 0.910. The maximum atomic E-state index is 11.9. The van der Waals surface area contributed by atoms with Crippen LogP contribution in [0.2, 0.25) is 0 Å². The number of carbonyl (C=O) groups excluding carboxylic acids is 2. The molecule has 112 valence electrons. The minimum Gasteiger partial charge on any atom is -0.298 e. The lowest BCUT2D eigenvalue weighted by atomic mass is 10.1. The third-order valence-corrected chi connectivity index (χ3v) is 4.52. The summed E-state index contributed by atoms with van der Waals surface area (Å²) in [6, 6.07) is 9.91. The van der Waals surface area contributed by atoms with Gasteiger partial charge in [-0.2, -0.15) is 5.26 Å². The van der Waals surface area contributed by atoms with E-state index in [0.29, 0.717) is 16.1 Å². The molecule has 1 aromatic heterocycles. The molecule has 0 atom stereocenters. The highest BCUT2D eigenvalue weighted by Gasteiger charge is 2.17. The lowest BCUT2D eigenvalue weighted by Crippen LogP contribution is -2.34. The van der Waals surface area contributed by atoms with Crippen molar-refractivity contribution in [2.75, 3.05) is 5.32 Å². The molecular weight excluding hydrogens is 298 g/mol. The SMILES string of the molecule is CCc1sc(NC(=O)NC(=O)c2ccccc2)c(C#N)c1C. The van der Waals surface area contributed by atoms with Crippen molar-refractivity contribution in [2.45, 2.75) is 20.3 Å². The van der Waals surface area contributed by atoms with Crippen LogP contribution in [0.4, 0.5) is 9.80 Å². The average Bonchev–Trinajstić information content (AvgIpc) is 2.82. The summed E-state index contributed by atoms with van der Waals surface area (Å²) in [7, 11) is 0. The maximum Gasteiger partial charge on any atom is 0.326 e. The van der Waals surface area contributed by atoms with Gasteiger partial charge in [-0.25, -0.2) is 4.79 Å². The summed E-state index contributed by atoms with van der Waals surface area (Å²) >= 11 is 1.36. The largest absolute Gasteiger partial charge is 0.326 e. The van der Waals surface area contributed by atoms with Crippen molar-refractivity contribution in [1.29, 1.82) is 5.26 Å². The van der Waals surface area contributed by atoms with E-state index in [4.69, 9.17) is 0 Å². The average molecular weight is 313 g/mol. The summed E-state index contributed by atoms with van der Waals surface area (Å²) in [4.78, 5) is 24.9. The molecule has 1 aromatic carbocycles. The molecule has 0 aliphatic heterocycles. The van der Waals surface area contributed by atoms with Crippen molar-refractivity contribution in [3.63, 3.8) is 0 Å². The molecule has 0 radical (unpaired) electrons. The molecule has 2 rings (SSSR count). The number of anilines is 1. The van der Waals surface area contributed by atoms with Gasteiger partial charge >= 0.3 is 6.03 Å². The fourth-order valence-electron chi connectivity index (χ4n) is 2.02. The first-order chi connectivity index (χ1) is 10.6. The van der Waals surface area contributed by atoms with Gasteiger partial charge < -0.3 is 0 Å². The van der Waals surface area contributed by atoms with Crippen LogP contribution >= 0.6 is 11.3 Å². The van der Waals surface area contributed by atoms with Crippen LogP contribution in [0.1, 0.15) is 33.3 Å². The number of nitriles is 1. The van der Waals surface area contributed by atoms with Crippen LogP contribution in [0.15, 0.2) is 30.3 Å². The normalized spacial score (nSPS) is 9.86. The highest BCUT2D eigenvalue weighted by atomic mass is 32.1. The number of thiophene rings is 1. The molecule has 2 N–H and O–H groups in total. The first-order valence-corrected chi connectivity index (χ1v) is 7.58. The maximum absolute atomic E-state index is 11.9. The van der Waals surface area contributed by atoms with E-state index in [9.17, 15) is 14.9 Å². The Bertz CT molecular complexity index is 745. The van der Waals surface area contributed by atoms with E-state index < -0.39 is 11.9 Å². The van der Waals surface area contributed by atoms with Crippen LogP contribution in [-0.2, 0) is 6.42 Å². The first kappa shape index (κ1) is 15.7. The van der Waals surface area contributed by atoms with Crippen LogP contribution < -0.4 is 10.6 Å². The van der Waals surface area contributed by atoms with Gasteiger partial charge in [0.15, 0.2) is 0 Å². The van der Waals surface area contributed by atoms with E-state index in [2.05, 4.69) is 16.7 Å². The van der Waals surface area contributed by atoms with E-state index in [1.807, 2.05) is 13.8 Å². The Morgan fingerprint density at radius 2 is 1.95 bits per heavy atom. The van der Waals surface area contributed by atoms with Gasteiger partial charge in [-0.05, 0) is 31.0 Å². The molecule has 0 aliphatic rings. The summed E-state index contributed by atoms with van der Waals surface area (Å²) in [6.45, 7) is 3.84. The Balaban J connectivity index is 2.10. The van der Waals surface area contributed by atoms with E-state index in [-0.39, 0.29) is 0 Å². The number of hydrogen-bond acceptors (Lipinski definition) is 4. The first-order valence-electron chi connectivity index (χ1n) is 6.76. The van der Waals surface area contributed by atoms with E-state index in [1.54, 1.807) is 30.3 Å².